The van der Waals surface area contributed by atoms with Gasteiger partial charge in [0.15, 0.2) is 0 Å². The Labute approximate surface area is 134 Å². The number of ether oxygens (including phenoxy) is 1. The van der Waals surface area contributed by atoms with Gasteiger partial charge in [-0.1, -0.05) is 12.1 Å². The van der Waals surface area contributed by atoms with E-state index in [-0.39, 0.29) is 6.04 Å². The third kappa shape index (κ3) is 4.55. The van der Waals surface area contributed by atoms with Crippen molar-refractivity contribution < 1.29 is 4.74 Å². The highest BCUT2D eigenvalue weighted by Gasteiger charge is 2.08. The number of hydrogen-bond acceptors (Lipinski definition) is 3. The van der Waals surface area contributed by atoms with Crippen LogP contribution in [0.5, 0.6) is 5.75 Å². The Bertz CT molecular complexity index is 586. The molecule has 1 heterocycles. The van der Waals surface area contributed by atoms with Gasteiger partial charge < -0.3 is 10.5 Å². The maximum atomic E-state index is 5.94. The fourth-order valence-electron chi connectivity index (χ4n) is 2.40. The molecule has 3 nitrogen and oxygen atoms in total. The van der Waals surface area contributed by atoms with E-state index >= 15 is 0 Å². The molecule has 1 aromatic carbocycles. The Kier molecular flexibility index (Phi) is 5.37. The molecule has 1 atom stereocenters. The van der Waals surface area contributed by atoms with Crippen LogP contribution in [-0.4, -0.2) is 11.0 Å². The summed E-state index contributed by atoms with van der Waals surface area (Å²) in [5, 5.41) is 0. The van der Waals surface area contributed by atoms with Gasteiger partial charge in [-0.15, -0.1) is 0 Å². The van der Waals surface area contributed by atoms with Crippen LogP contribution in [0.1, 0.15) is 29.3 Å². The molecule has 21 heavy (non-hydrogen) atoms. The summed E-state index contributed by atoms with van der Waals surface area (Å²) in [6.07, 6.45) is 2.67. The number of benzene rings is 1. The molecule has 0 aliphatic rings. The SMILES string of the molecule is Cc1cc(CC(C)N)cc(C)c1OCc1ccc(Br)cn1. The van der Waals surface area contributed by atoms with Crippen LogP contribution in [0.3, 0.4) is 0 Å². The first-order valence-corrected chi connectivity index (χ1v) is 7.84. The molecule has 2 aromatic rings. The lowest BCUT2D eigenvalue weighted by molar-refractivity contribution is 0.297. The summed E-state index contributed by atoms with van der Waals surface area (Å²) in [7, 11) is 0. The van der Waals surface area contributed by atoms with Crippen molar-refractivity contribution in [3.05, 3.63) is 57.3 Å². The first-order valence-electron chi connectivity index (χ1n) is 7.04. The average Bonchev–Trinajstić information content (AvgIpc) is 2.39. The van der Waals surface area contributed by atoms with Gasteiger partial charge in [0.25, 0.3) is 0 Å². The van der Waals surface area contributed by atoms with Gasteiger partial charge in [-0.2, -0.15) is 0 Å². The number of aryl methyl sites for hydroxylation is 2. The number of pyridine rings is 1. The smallest absolute Gasteiger partial charge is 0.130 e. The largest absolute Gasteiger partial charge is 0.487 e. The van der Waals surface area contributed by atoms with E-state index in [1.54, 1.807) is 6.20 Å². The lowest BCUT2D eigenvalue weighted by Gasteiger charge is -2.15. The Balaban J connectivity index is 2.11. The third-order valence-electron chi connectivity index (χ3n) is 3.23. The third-order valence-corrected chi connectivity index (χ3v) is 3.70. The van der Waals surface area contributed by atoms with Crippen molar-refractivity contribution in [2.45, 2.75) is 39.8 Å². The minimum atomic E-state index is 0.169. The second kappa shape index (κ2) is 7.05. The summed E-state index contributed by atoms with van der Waals surface area (Å²) in [6.45, 7) is 6.64. The molecule has 0 saturated carbocycles. The van der Waals surface area contributed by atoms with Crippen molar-refractivity contribution in [2.75, 3.05) is 0 Å². The Hall–Kier alpha value is -1.39. The standard InChI is InChI=1S/C17H21BrN2O/c1-11-6-14(8-13(3)19)7-12(2)17(11)21-10-16-5-4-15(18)9-20-16/h4-7,9,13H,8,10,19H2,1-3H3. The highest BCUT2D eigenvalue weighted by Crippen LogP contribution is 2.26. The van der Waals surface area contributed by atoms with Crippen molar-refractivity contribution in [1.29, 1.82) is 0 Å². The summed E-state index contributed by atoms with van der Waals surface area (Å²) >= 11 is 3.38. The molecule has 2 rings (SSSR count). The molecule has 1 unspecified atom stereocenters. The molecule has 1 aromatic heterocycles. The summed E-state index contributed by atoms with van der Waals surface area (Å²) in [5.41, 5.74) is 10.3. The van der Waals surface area contributed by atoms with Crippen LogP contribution in [0.15, 0.2) is 34.9 Å². The van der Waals surface area contributed by atoms with Crippen LogP contribution < -0.4 is 10.5 Å². The van der Waals surface area contributed by atoms with E-state index in [0.29, 0.717) is 6.61 Å². The predicted octanol–water partition coefficient (Wildman–Crippen LogP) is 3.93. The van der Waals surface area contributed by atoms with E-state index in [1.807, 2.05) is 19.1 Å². The van der Waals surface area contributed by atoms with E-state index < -0.39 is 0 Å². The van der Waals surface area contributed by atoms with E-state index in [0.717, 1.165) is 33.5 Å². The average molecular weight is 349 g/mol. The number of halogens is 1. The Morgan fingerprint density at radius 3 is 2.43 bits per heavy atom. The number of hydrogen-bond donors (Lipinski definition) is 1. The maximum Gasteiger partial charge on any atom is 0.130 e. The second-order valence-corrected chi connectivity index (χ2v) is 6.41. The van der Waals surface area contributed by atoms with Crippen molar-refractivity contribution in [3.8, 4) is 5.75 Å². The van der Waals surface area contributed by atoms with E-state index in [2.05, 4.69) is 46.9 Å². The Morgan fingerprint density at radius 1 is 1.24 bits per heavy atom. The van der Waals surface area contributed by atoms with Gasteiger partial charge in [-0.25, -0.2) is 0 Å². The van der Waals surface area contributed by atoms with Crippen molar-refractivity contribution >= 4 is 15.9 Å². The predicted molar refractivity (Wildman–Crippen MR) is 89.5 cm³/mol. The molecule has 0 spiro atoms. The summed E-state index contributed by atoms with van der Waals surface area (Å²) in [4.78, 5) is 4.32. The van der Waals surface area contributed by atoms with Crippen LogP contribution in [-0.2, 0) is 13.0 Å². The Morgan fingerprint density at radius 2 is 1.90 bits per heavy atom. The number of rotatable bonds is 5. The number of nitrogens with zero attached hydrogens (tertiary/aromatic N) is 1. The number of aromatic nitrogens is 1. The van der Waals surface area contributed by atoms with Crippen molar-refractivity contribution in [3.63, 3.8) is 0 Å². The first kappa shape index (κ1) is 16.0. The quantitative estimate of drug-likeness (QED) is 0.890. The maximum absolute atomic E-state index is 5.94. The molecule has 0 aliphatic carbocycles. The molecule has 0 saturated heterocycles. The highest BCUT2D eigenvalue weighted by molar-refractivity contribution is 9.10. The topological polar surface area (TPSA) is 48.1 Å². The second-order valence-electron chi connectivity index (χ2n) is 5.50. The molecule has 112 valence electrons. The molecule has 0 aliphatic heterocycles. The summed E-state index contributed by atoms with van der Waals surface area (Å²) in [5.74, 6) is 0.938. The zero-order chi connectivity index (χ0) is 15.4. The van der Waals surface area contributed by atoms with Crippen LogP contribution in [0.25, 0.3) is 0 Å². The van der Waals surface area contributed by atoms with E-state index in [1.165, 1.54) is 5.56 Å². The molecule has 2 N–H and O–H groups in total. The normalized spacial score (nSPS) is 12.2. The monoisotopic (exact) mass is 348 g/mol. The van der Waals surface area contributed by atoms with Crippen LogP contribution >= 0.6 is 15.9 Å². The van der Waals surface area contributed by atoms with Crippen LogP contribution in [0.4, 0.5) is 0 Å². The molecule has 0 fully saturated rings. The van der Waals surface area contributed by atoms with Gasteiger partial charge in [0, 0.05) is 16.7 Å². The summed E-state index contributed by atoms with van der Waals surface area (Å²) in [6, 6.07) is 8.40. The first-order chi connectivity index (χ1) is 9.95. The molecule has 0 amide bonds. The highest BCUT2D eigenvalue weighted by atomic mass is 79.9. The molecule has 4 heteroatoms. The van der Waals surface area contributed by atoms with Gasteiger partial charge in [0.05, 0.1) is 5.69 Å². The lowest BCUT2D eigenvalue weighted by Crippen LogP contribution is -2.18. The van der Waals surface area contributed by atoms with Crippen LogP contribution in [0.2, 0.25) is 0 Å². The molecule has 0 bridgehead atoms. The fourth-order valence-corrected chi connectivity index (χ4v) is 2.63. The zero-order valence-electron chi connectivity index (χ0n) is 12.7. The van der Waals surface area contributed by atoms with Gasteiger partial charge >= 0.3 is 0 Å². The van der Waals surface area contributed by atoms with Crippen molar-refractivity contribution in [2.24, 2.45) is 5.73 Å². The van der Waals surface area contributed by atoms with Gasteiger partial charge in [-0.05, 0) is 71.9 Å². The number of nitrogens with two attached hydrogens (primary N) is 1. The summed E-state index contributed by atoms with van der Waals surface area (Å²) < 4.78 is 6.92. The van der Waals surface area contributed by atoms with E-state index in [4.69, 9.17) is 10.5 Å². The zero-order valence-corrected chi connectivity index (χ0v) is 14.3. The minimum absolute atomic E-state index is 0.169. The minimum Gasteiger partial charge on any atom is -0.487 e. The van der Waals surface area contributed by atoms with Gasteiger partial charge in [0.2, 0.25) is 0 Å². The molecule has 0 radical (unpaired) electrons. The molecular formula is C17H21BrN2O. The van der Waals surface area contributed by atoms with Crippen molar-refractivity contribution in [1.82, 2.24) is 4.98 Å². The molecular weight excluding hydrogens is 328 g/mol. The lowest BCUT2D eigenvalue weighted by atomic mass is 10.0. The van der Waals surface area contributed by atoms with Gasteiger partial charge in [0.1, 0.15) is 12.4 Å². The van der Waals surface area contributed by atoms with Gasteiger partial charge in [-0.3, -0.25) is 4.98 Å². The van der Waals surface area contributed by atoms with E-state index in [9.17, 15) is 0 Å². The van der Waals surface area contributed by atoms with Crippen LogP contribution in [0, 0.1) is 13.8 Å². The fraction of sp³-hybridized carbons (Fsp3) is 0.353.